The number of nitrogens with zero attached hydrogens (tertiary/aromatic N) is 2. The summed E-state index contributed by atoms with van der Waals surface area (Å²) in [5, 5.41) is 6.66. The number of pyridine rings is 1. The fraction of sp³-hybridized carbons (Fsp3) is 0.478. The minimum Gasteiger partial charge on any atom is -0.493 e. The molecular weight excluding hydrogens is 507 g/mol. The lowest BCUT2D eigenvalue weighted by Gasteiger charge is -2.15. The van der Waals surface area contributed by atoms with Crippen LogP contribution in [0.25, 0.3) is 0 Å². The first-order valence-electron chi connectivity index (χ1n) is 10.4. The minimum absolute atomic E-state index is 0. The Morgan fingerprint density at radius 2 is 1.84 bits per heavy atom. The number of hydrogen-bond acceptors (Lipinski definition) is 5. The molecule has 0 fully saturated rings. The van der Waals surface area contributed by atoms with Crippen LogP contribution in [0.15, 0.2) is 41.5 Å². The molecule has 1 aromatic heterocycles. The molecule has 0 aliphatic carbocycles. The van der Waals surface area contributed by atoms with Crippen LogP contribution in [0.3, 0.4) is 0 Å². The lowest BCUT2D eigenvalue weighted by molar-refractivity contribution is 0.171. The molecule has 31 heavy (non-hydrogen) atoms. The number of hydrogen-bond donors (Lipinski definition) is 2. The van der Waals surface area contributed by atoms with E-state index in [0.717, 1.165) is 29.7 Å². The molecule has 0 amide bonds. The number of ether oxygens (including phenoxy) is 3. The molecule has 0 atom stereocenters. The predicted octanol–water partition coefficient (Wildman–Crippen LogP) is 4.08. The molecule has 0 unspecified atom stereocenters. The van der Waals surface area contributed by atoms with E-state index < -0.39 is 0 Å². The molecule has 0 aliphatic rings. The van der Waals surface area contributed by atoms with Crippen LogP contribution in [-0.2, 0) is 17.8 Å². The zero-order valence-corrected chi connectivity index (χ0v) is 21.3. The molecule has 1 heterocycles. The van der Waals surface area contributed by atoms with Crippen molar-refractivity contribution >= 4 is 29.9 Å². The molecule has 0 saturated heterocycles. The summed E-state index contributed by atoms with van der Waals surface area (Å²) < 4.78 is 16.6. The second-order valence-electron chi connectivity index (χ2n) is 6.94. The number of nitrogens with one attached hydrogen (secondary N) is 2. The van der Waals surface area contributed by atoms with Crippen molar-refractivity contribution in [2.24, 2.45) is 4.99 Å². The predicted molar refractivity (Wildman–Crippen MR) is 136 cm³/mol. The Balaban J connectivity index is 0.00000480. The molecule has 172 valence electrons. The third-order valence-corrected chi connectivity index (χ3v) is 4.35. The zero-order chi connectivity index (χ0) is 21.6. The van der Waals surface area contributed by atoms with Gasteiger partial charge in [-0.25, -0.2) is 4.98 Å². The molecule has 2 aromatic rings. The van der Waals surface area contributed by atoms with E-state index in [-0.39, 0.29) is 24.0 Å². The number of methoxy groups -OCH3 is 1. The van der Waals surface area contributed by atoms with Gasteiger partial charge in [0, 0.05) is 58.1 Å². The van der Waals surface area contributed by atoms with Crippen molar-refractivity contribution in [3.05, 3.63) is 53.2 Å². The molecule has 0 aliphatic heterocycles. The third kappa shape index (κ3) is 10.2. The van der Waals surface area contributed by atoms with Gasteiger partial charge in [0.05, 0.1) is 13.2 Å². The van der Waals surface area contributed by atoms with Gasteiger partial charge in [-0.3, -0.25) is 4.99 Å². The molecule has 0 bridgehead atoms. The fourth-order valence-electron chi connectivity index (χ4n) is 2.72. The lowest BCUT2D eigenvalue weighted by Crippen LogP contribution is -2.36. The Bertz CT molecular complexity index is 785. The summed E-state index contributed by atoms with van der Waals surface area (Å²) in [4.78, 5) is 8.63. The lowest BCUT2D eigenvalue weighted by atomic mass is 10.1. The highest BCUT2D eigenvalue weighted by Gasteiger charge is 2.06. The number of guanidine groups is 1. The maximum atomic E-state index is 5.95. The topological polar surface area (TPSA) is 77.0 Å². The van der Waals surface area contributed by atoms with E-state index in [1.165, 1.54) is 5.56 Å². The van der Waals surface area contributed by atoms with Gasteiger partial charge in [-0.1, -0.05) is 25.1 Å². The Hall–Kier alpha value is -2.07. The monoisotopic (exact) mass is 542 g/mol. The van der Waals surface area contributed by atoms with Crippen molar-refractivity contribution in [2.75, 3.05) is 34.0 Å². The van der Waals surface area contributed by atoms with Crippen LogP contribution >= 0.6 is 24.0 Å². The maximum Gasteiger partial charge on any atom is 0.213 e. The summed E-state index contributed by atoms with van der Waals surface area (Å²) in [7, 11) is 3.46. The first kappa shape index (κ1) is 27.0. The molecule has 2 N–H and O–H groups in total. The van der Waals surface area contributed by atoms with E-state index in [9.17, 15) is 0 Å². The first-order chi connectivity index (χ1) is 14.7. The minimum atomic E-state index is 0. The van der Waals surface area contributed by atoms with E-state index in [1.807, 2.05) is 18.3 Å². The van der Waals surface area contributed by atoms with Crippen LogP contribution in [0.4, 0.5) is 0 Å². The summed E-state index contributed by atoms with van der Waals surface area (Å²) in [6, 6.07) is 10.1. The molecule has 7 nitrogen and oxygen atoms in total. The quantitative estimate of drug-likeness (QED) is 0.182. The summed E-state index contributed by atoms with van der Waals surface area (Å²) >= 11 is 0. The van der Waals surface area contributed by atoms with Crippen LogP contribution in [0.2, 0.25) is 0 Å². The molecule has 1 aromatic carbocycles. The largest absolute Gasteiger partial charge is 0.493 e. The Kier molecular flexibility index (Phi) is 13.6. The molecule has 2 rings (SSSR count). The number of aryl methyl sites for hydroxylation is 1. The van der Waals surface area contributed by atoms with Crippen LogP contribution < -0.4 is 20.1 Å². The van der Waals surface area contributed by atoms with Crippen LogP contribution in [-0.4, -0.2) is 44.9 Å². The first-order valence-corrected chi connectivity index (χ1v) is 10.4. The molecule has 0 spiro atoms. The van der Waals surface area contributed by atoms with Gasteiger partial charge in [0.15, 0.2) is 5.96 Å². The van der Waals surface area contributed by atoms with E-state index in [2.05, 4.69) is 52.7 Å². The van der Waals surface area contributed by atoms with E-state index in [1.54, 1.807) is 14.2 Å². The summed E-state index contributed by atoms with van der Waals surface area (Å²) in [6.07, 6.45) is 3.64. The standard InChI is InChI=1S/C23H34N4O3.HI/c1-5-11-30-22-10-8-19(15-25-22)16-26-23(24-3)27-17-20-9-7-18(2)14-21(20)29-13-6-12-28-4;/h7-10,14-15H,5-6,11-13,16-17H2,1-4H3,(H2,24,26,27);1H. The fourth-order valence-corrected chi connectivity index (χ4v) is 2.72. The van der Waals surface area contributed by atoms with Gasteiger partial charge in [0.1, 0.15) is 5.75 Å². The van der Waals surface area contributed by atoms with E-state index >= 15 is 0 Å². The van der Waals surface area contributed by atoms with Gasteiger partial charge in [0.2, 0.25) is 5.88 Å². The van der Waals surface area contributed by atoms with Crippen molar-refractivity contribution in [1.29, 1.82) is 0 Å². The summed E-state index contributed by atoms with van der Waals surface area (Å²) in [5.74, 6) is 2.26. The van der Waals surface area contributed by atoms with Crippen LogP contribution in [0, 0.1) is 6.92 Å². The average Bonchev–Trinajstić information content (AvgIpc) is 2.77. The molecule has 0 saturated carbocycles. The average molecular weight is 542 g/mol. The second kappa shape index (κ2) is 15.7. The normalized spacial score (nSPS) is 10.9. The molecule has 0 radical (unpaired) electrons. The van der Waals surface area contributed by atoms with Gasteiger partial charge in [-0.2, -0.15) is 0 Å². The Morgan fingerprint density at radius 3 is 2.52 bits per heavy atom. The van der Waals surface area contributed by atoms with Crippen molar-refractivity contribution < 1.29 is 14.2 Å². The number of rotatable bonds is 12. The van der Waals surface area contributed by atoms with Gasteiger partial charge in [-0.15, -0.1) is 24.0 Å². The maximum absolute atomic E-state index is 5.95. The van der Waals surface area contributed by atoms with Crippen LogP contribution in [0.5, 0.6) is 11.6 Å². The smallest absolute Gasteiger partial charge is 0.213 e. The second-order valence-corrected chi connectivity index (χ2v) is 6.94. The molecular formula is C23H35IN4O3. The number of aromatic nitrogens is 1. The Labute approximate surface area is 203 Å². The van der Waals surface area contributed by atoms with Crippen molar-refractivity contribution in [2.45, 2.75) is 39.8 Å². The molecule has 8 heteroatoms. The van der Waals surface area contributed by atoms with Crippen molar-refractivity contribution in [3.8, 4) is 11.6 Å². The highest BCUT2D eigenvalue weighted by atomic mass is 127. The highest BCUT2D eigenvalue weighted by molar-refractivity contribution is 14.0. The highest BCUT2D eigenvalue weighted by Crippen LogP contribution is 2.20. The SMILES string of the molecule is CCCOc1ccc(CNC(=NC)NCc2ccc(C)cc2OCCCOC)cn1.I. The van der Waals surface area contributed by atoms with Crippen LogP contribution in [0.1, 0.15) is 36.5 Å². The van der Waals surface area contributed by atoms with Gasteiger partial charge >= 0.3 is 0 Å². The van der Waals surface area contributed by atoms with Gasteiger partial charge in [0.25, 0.3) is 0 Å². The van der Waals surface area contributed by atoms with Crippen molar-refractivity contribution in [1.82, 2.24) is 15.6 Å². The summed E-state index contributed by atoms with van der Waals surface area (Å²) in [5.41, 5.74) is 3.31. The number of benzene rings is 1. The van der Waals surface area contributed by atoms with Gasteiger partial charge < -0.3 is 24.8 Å². The van der Waals surface area contributed by atoms with E-state index in [4.69, 9.17) is 14.2 Å². The van der Waals surface area contributed by atoms with Gasteiger partial charge in [-0.05, 0) is 30.5 Å². The zero-order valence-electron chi connectivity index (χ0n) is 18.9. The third-order valence-electron chi connectivity index (χ3n) is 4.35. The number of halogens is 1. The summed E-state index contributed by atoms with van der Waals surface area (Å²) in [6.45, 7) is 7.37. The van der Waals surface area contributed by atoms with E-state index in [0.29, 0.717) is 44.7 Å². The Morgan fingerprint density at radius 1 is 1.03 bits per heavy atom. The van der Waals surface area contributed by atoms with Crippen molar-refractivity contribution in [3.63, 3.8) is 0 Å². The number of aliphatic imine (C=N–C) groups is 1.